The molecule has 0 unspecified atom stereocenters. The molecule has 0 aliphatic rings. The van der Waals surface area contributed by atoms with Gasteiger partial charge in [-0.25, -0.2) is 9.37 Å². The number of benzene rings is 1. The summed E-state index contributed by atoms with van der Waals surface area (Å²) < 4.78 is 19.8. The van der Waals surface area contributed by atoms with Gasteiger partial charge in [0, 0.05) is 19.4 Å². The number of aryl methyl sites for hydroxylation is 1. The molecule has 0 atom stereocenters. The molecule has 1 heterocycles. The van der Waals surface area contributed by atoms with Gasteiger partial charge in [-0.15, -0.1) is 0 Å². The number of ether oxygens (including phenoxy) is 1. The molecular weight excluding hydrogens is 225 g/mol. The maximum atomic E-state index is 13.4. The van der Waals surface area contributed by atoms with Crippen molar-refractivity contribution in [2.75, 3.05) is 5.73 Å². The molecule has 0 bridgehead atoms. The quantitative estimate of drug-likeness (QED) is 0.796. The first-order valence-corrected chi connectivity index (χ1v) is 4.83. The number of anilines is 1. The molecule has 88 valence electrons. The van der Waals surface area contributed by atoms with Crippen molar-refractivity contribution in [3.05, 3.63) is 46.8 Å². The Labute approximate surface area is 96.3 Å². The van der Waals surface area contributed by atoms with Crippen molar-refractivity contribution in [2.24, 2.45) is 7.05 Å². The van der Waals surface area contributed by atoms with Gasteiger partial charge in [0.05, 0.1) is 5.69 Å². The molecule has 0 amide bonds. The minimum Gasteiger partial charge on any atom is -0.429 e. The highest BCUT2D eigenvalue weighted by molar-refractivity contribution is 5.53. The summed E-state index contributed by atoms with van der Waals surface area (Å²) in [4.78, 5) is 15.3. The first-order valence-electron chi connectivity index (χ1n) is 4.83. The third kappa shape index (κ3) is 2.10. The van der Waals surface area contributed by atoms with Crippen LogP contribution in [0.1, 0.15) is 0 Å². The van der Waals surface area contributed by atoms with Gasteiger partial charge >= 0.3 is 5.56 Å². The molecule has 2 N–H and O–H groups in total. The van der Waals surface area contributed by atoms with Crippen LogP contribution in [0.4, 0.5) is 10.1 Å². The van der Waals surface area contributed by atoms with E-state index in [2.05, 4.69) is 4.98 Å². The van der Waals surface area contributed by atoms with Crippen LogP contribution in [0.25, 0.3) is 0 Å². The lowest BCUT2D eigenvalue weighted by Gasteiger charge is -2.08. The highest BCUT2D eigenvalue weighted by atomic mass is 19.1. The van der Waals surface area contributed by atoms with Gasteiger partial charge in [-0.2, -0.15) is 0 Å². The fourth-order valence-corrected chi connectivity index (χ4v) is 1.27. The Morgan fingerprint density at radius 2 is 2.24 bits per heavy atom. The van der Waals surface area contributed by atoms with E-state index >= 15 is 0 Å². The SMILES string of the molecule is Cn1ccnc(Oc2c(N)cccc2F)c1=O. The number of para-hydroxylation sites is 1. The molecule has 1 aromatic carbocycles. The minimum atomic E-state index is -0.641. The number of aromatic nitrogens is 2. The standard InChI is InChI=1S/C11H10FN3O2/c1-15-6-5-14-10(11(15)16)17-9-7(12)3-2-4-8(9)13/h2-6H,13H2,1H3. The van der Waals surface area contributed by atoms with Gasteiger partial charge in [-0.1, -0.05) is 6.07 Å². The van der Waals surface area contributed by atoms with E-state index in [9.17, 15) is 9.18 Å². The third-order valence-corrected chi connectivity index (χ3v) is 2.18. The van der Waals surface area contributed by atoms with Crippen molar-refractivity contribution in [1.82, 2.24) is 9.55 Å². The van der Waals surface area contributed by atoms with Crippen LogP contribution in [-0.2, 0) is 7.05 Å². The predicted octanol–water partition coefficient (Wildman–Crippen LogP) is 1.29. The molecule has 0 aliphatic heterocycles. The van der Waals surface area contributed by atoms with Crippen LogP contribution in [0.5, 0.6) is 11.6 Å². The van der Waals surface area contributed by atoms with E-state index < -0.39 is 11.4 Å². The van der Waals surface area contributed by atoms with E-state index in [1.165, 1.54) is 35.2 Å². The number of nitrogens with two attached hydrogens (primary N) is 1. The van der Waals surface area contributed by atoms with Crippen LogP contribution in [0.2, 0.25) is 0 Å². The van der Waals surface area contributed by atoms with Crippen LogP contribution in [-0.4, -0.2) is 9.55 Å². The van der Waals surface area contributed by atoms with Crippen LogP contribution < -0.4 is 16.0 Å². The number of hydrogen-bond donors (Lipinski definition) is 1. The summed E-state index contributed by atoms with van der Waals surface area (Å²) in [5.74, 6) is -1.05. The zero-order chi connectivity index (χ0) is 12.4. The van der Waals surface area contributed by atoms with Crippen molar-refractivity contribution in [3.63, 3.8) is 0 Å². The third-order valence-electron chi connectivity index (χ3n) is 2.18. The maximum absolute atomic E-state index is 13.4. The van der Waals surface area contributed by atoms with Gasteiger partial charge in [-0.05, 0) is 12.1 Å². The number of halogens is 1. The Bertz CT molecular complexity index is 590. The average Bonchev–Trinajstić information content (AvgIpc) is 2.29. The van der Waals surface area contributed by atoms with Gasteiger partial charge in [0.2, 0.25) is 0 Å². The van der Waals surface area contributed by atoms with Gasteiger partial charge < -0.3 is 15.0 Å². The molecule has 2 rings (SSSR count). The molecule has 0 saturated carbocycles. The summed E-state index contributed by atoms with van der Waals surface area (Å²) in [6.45, 7) is 0. The van der Waals surface area contributed by atoms with Crippen LogP contribution in [0.3, 0.4) is 0 Å². The smallest absolute Gasteiger partial charge is 0.313 e. The van der Waals surface area contributed by atoms with Crippen molar-refractivity contribution >= 4 is 5.69 Å². The Hall–Kier alpha value is -2.37. The van der Waals surface area contributed by atoms with Crippen molar-refractivity contribution in [3.8, 4) is 11.6 Å². The fourth-order valence-electron chi connectivity index (χ4n) is 1.27. The molecular formula is C11H10FN3O2. The van der Waals surface area contributed by atoms with E-state index in [1.54, 1.807) is 7.05 Å². The van der Waals surface area contributed by atoms with E-state index in [-0.39, 0.29) is 17.3 Å². The zero-order valence-corrected chi connectivity index (χ0v) is 9.05. The molecule has 0 fully saturated rings. The van der Waals surface area contributed by atoms with E-state index in [0.29, 0.717) is 0 Å². The van der Waals surface area contributed by atoms with E-state index in [1.807, 2.05) is 0 Å². The maximum Gasteiger partial charge on any atom is 0.313 e. The zero-order valence-electron chi connectivity index (χ0n) is 9.05. The summed E-state index contributed by atoms with van der Waals surface area (Å²) in [6.07, 6.45) is 2.85. The molecule has 0 radical (unpaired) electrons. The largest absolute Gasteiger partial charge is 0.429 e. The summed E-state index contributed by atoms with van der Waals surface area (Å²) in [6, 6.07) is 4.12. The van der Waals surface area contributed by atoms with Gasteiger partial charge in [-0.3, -0.25) is 4.79 Å². The first-order chi connectivity index (χ1) is 8.09. The lowest BCUT2D eigenvalue weighted by Crippen LogP contribution is -2.18. The monoisotopic (exact) mass is 235 g/mol. The predicted molar refractivity (Wildman–Crippen MR) is 60.4 cm³/mol. The lowest BCUT2D eigenvalue weighted by atomic mass is 10.3. The summed E-state index contributed by atoms with van der Waals surface area (Å²) in [5, 5.41) is 0. The second-order valence-corrected chi connectivity index (χ2v) is 3.41. The summed E-state index contributed by atoms with van der Waals surface area (Å²) >= 11 is 0. The Balaban J connectivity index is 2.45. The second-order valence-electron chi connectivity index (χ2n) is 3.41. The van der Waals surface area contributed by atoms with Crippen LogP contribution in [0, 0.1) is 5.82 Å². The second kappa shape index (κ2) is 4.25. The minimum absolute atomic E-state index is 0.109. The number of nitrogen functional groups attached to an aromatic ring is 1. The number of rotatable bonds is 2. The highest BCUT2D eigenvalue weighted by Crippen LogP contribution is 2.27. The first kappa shape index (κ1) is 11.1. The molecule has 0 spiro atoms. The number of hydrogen-bond acceptors (Lipinski definition) is 4. The average molecular weight is 235 g/mol. The summed E-state index contributed by atoms with van der Waals surface area (Å²) in [7, 11) is 1.54. The van der Waals surface area contributed by atoms with Gasteiger partial charge in [0.25, 0.3) is 5.88 Å². The van der Waals surface area contributed by atoms with Crippen LogP contribution in [0.15, 0.2) is 35.4 Å². The highest BCUT2D eigenvalue weighted by Gasteiger charge is 2.12. The summed E-state index contributed by atoms with van der Waals surface area (Å²) in [5.41, 5.74) is 5.20. The van der Waals surface area contributed by atoms with Crippen molar-refractivity contribution in [1.29, 1.82) is 0 Å². The molecule has 5 nitrogen and oxygen atoms in total. The molecule has 0 aliphatic carbocycles. The van der Waals surface area contributed by atoms with E-state index in [0.717, 1.165) is 0 Å². The lowest BCUT2D eigenvalue weighted by molar-refractivity contribution is 0.419. The topological polar surface area (TPSA) is 70.1 Å². The van der Waals surface area contributed by atoms with Gasteiger partial charge in [0.15, 0.2) is 11.6 Å². The fraction of sp³-hybridized carbons (Fsp3) is 0.0909. The molecule has 17 heavy (non-hydrogen) atoms. The molecule has 6 heteroatoms. The normalized spacial score (nSPS) is 10.2. The van der Waals surface area contributed by atoms with Crippen molar-refractivity contribution < 1.29 is 9.13 Å². The Morgan fingerprint density at radius 3 is 2.94 bits per heavy atom. The molecule has 0 saturated heterocycles. The number of nitrogens with zero attached hydrogens (tertiary/aromatic N) is 2. The van der Waals surface area contributed by atoms with Crippen molar-refractivity contribution in [2.45, 2.75) is 0 Å². The van der Waals surface area contributed by atoms with Crippen LogP contribution >= 0.6 is 0 Å². The Kier molecular flexibility index (Phi) is 2.78. The Morgan fingerprint density at radius 1 is 1.47 bits per heavy atom. The van der Waals surface area contributed by atoms with Gasteiger partial charge in [0.1, 0.15) is 0 Å². The molecule has 1 aromatic heterocycles. The van der Waals surface area contributed by atoms with E-state index in [4.69, 9.17) is 10.5 Å². The molecule has 2 aromatic rings.